The first kappa shape index (κ1) is 20.7. The van der Waals surface area contributed by atoms with E-state index in [2.05, 4.69) is 0 Å². The number of thiophene rings is 2. The van der Waals surface area contributed by atoms with Gasteiger partial charge in [-0.15, -0.1) is 0 Å². The Morgan fingerprint density at radius 1 is 0.529 bits per heavy atom. The third-order valence-corrected chi connectivity index (χ3v) is 7.05. The zero-order chi connectivity index (χ0) is 24.0. The molecular weight excluding hydrogens is 496 g/mol. The topological polar surface area (TPSA) is 74.8 Å². The predicted molar refractivity (Wildman–Crippen MR) is 115 cm³/mol. The monoisotopic (exact) mass is 502 g/mol. The molecule has 168 valence electrons. The number of hydrogen-bond donors (Lipinski definition) is 0. The molecule has 12 heteroatoms. The van der Waals surface area contributed by atoms with Crippen LogP contribution in [0.2, 0.25) is 0 Å². The summed E-state index contributed by atoms with van der Waals surface area (Å²) in [5.41, 5.74) is -4.39. The molecular formula is C22H6F4N2O4S2. The van der Waals surface area contributed by atoms with Crippen molar-refractivity contribution in [2.24, 2.45) is 0 Å². The molecule has 6 rings (SSSR count). The minimum Gasteiger partial charge on any atom is -0.268 e. The molecule has 0 radical (unpaired) electrons. The molecule has 2 aromatic carbocycles. The molecule has 0 fully saturated rings. The Morgan fingerprint density at radius 2 is 0.824 bits per heavy atom. The summed E-state index contributed by atoms with van der Waals surface area (Å²) in [5, 5.41) is 4.01. The van der Waals surface area contributed by atoms with E-state index in [4.69, 9.17) is 0 Å². The Hall–Kier alpha value is -3.90. The third kappa shape index (κ3) is 2.33. The fourth-order valence-electron chi connectivity index (χ4n) is 4.30. The van der Waals surface area contributed by atoms with E-state index in [0.717, 1.165) is 22.7 Å². The molecule has 0 saturated carbocycles. The van der Waals surface area contributed by atoms with Gasteiger partial charge in [0.2, 0.25) is 0 Å². The largest absolute Gasteiger partial charge is 0.269 e. The van der Waals surface area contributed by atoms with Crippen LogP contribution < -0.4 is 9.80 Å². The highest BCUT2D eigenvalue weighted by atomic mass is 32.1. The molecule has 0 aliphatic carbocycles. The first-order chi connectivity index (χ1) is 16.3. The maximum atomic E-state index is 15.3. The zero-order valence-electron chi connectivity index (χ0n) is 16.3. The summed E-state index contributed by atoms with van der Waals surface area (Å²) < 4.78 is 61.3. The Labute approximate surface area is 194 Å². The van der Waals surface area contributed by atoms with E-state index in [1.54, 1.807) is 0 Å². The summed E-state index contributed by atoms with van der Waals surface area (Å²) in [4.78, 5) is 53.3. The highest BCUT2D eigenvalue weighted by Crippen LogP contribution is 2.45. The molecule has 4 amide bonds. The van der Waals surface area contributed by atoms with Crippen LogP contribution in [0.4, 0.5) is 28.9 Å². The lowest BCUT2D eigenvalue weighted by molar-refractivity contribution is 0.0863. The molecule has 34 heavy (non-hydrogen) atoms. The smallest absolute Gasteiger partial charge is 0.268 e. The van der Waals surface area contributed by atoms with Crippen molar-refractivity contribution in [2.75, 3.05) is 9.80 Å². The number of halogens is 4. The Morgan fingerprint density at radius 3 is 1.06 bits per heavy atom. The SMILES string of the molecule is O=C1c2c(F)c(F)c3c4c(c(F)c(F)c(c24)C(=O)N1c1ccsc1)C(=O)N(c1ccsc1)C3=O. The van der Waals surface area contributed by atoms with Gasteiger partial charge in [0.05, 0.1) is 33.6 Å². The van der Waals surface area contributed by atoms with Gasteiger partial charge in [0.25, 0.3) is 23.6 Å². The molecule has 0 spiro atoms. The highest BCUT2D eigenvalue weighted by molar-refractivity contribution is 7.08. The lowest BCUT2D eigenvalue weighted by Gasteiger charge is -2.32. The van der Waals surface area contributed by atoms with Crippen LogP contribution in [0.3, 0.4) is 0 Å². The van der Waals surface area contributed by atoms with Crippen LogP contribution in [0.15, 0.2) is 33.7 Å². The molecule has 0 atom stereocenters. The average molecular weight is 502 g/mol. The van der Waals surface area contributed by atoms with Gasteiger partial charge in [0, 0.05) is 21.5 Å². The van der Waals surface area contributed by atoms with Crippen molar-refractivity contribution in [2.45, 2.75) is 0 Å². The van der Waals surface area contributed by atoms with Gasteiger partial charge in [-0.1, -0.05) is 0 Å². The summed E-state index contributed by atoms with van der Waals surface area (Å²) in [6.07, 6.45) is 0. The lowest BCUT2D eigenvalue weighted by atomic mass is 9.84. The average Bonchev–Trinajstić information content (AvgIpc) is 3.50. The molecule has 2 aromatic heterocycles. The predicted octanol–water partition coefficient (Wildman–Crippen LogP) is 5.12. The third-order valence-electron chi connectivity index (χ3n) is 5.71. The minimum atomic E-state index is -1.81. The number of rotatable bonds is 2. The first-order valence-corrected chi connectivity index (χ1v) is 11.3. The fourth-order valence-corrected chi connectivity index (χ4v) is 5.54. The zero-order valence-corrected chi connectivity index (χ0v) is 18.0. The second kappa shape index (κ2) is 6.81. The van der Waals surface area contributed by atoms with E-state index < -0.39 is 79.9 Å². The van der Waals surface area contributed by atoms with E-state index in [1.165, 1.54) is 33.7 Å². The summed E-state index contributed by atoms with van der Waals surface area (Å²) in [6.45, 7) is 0. The second-order valence-corrected chi connectivity index (χ2v) is 8.92. The van der Waals surface area contributed by atoms with Crippen molar-refractivity contribution >= 4 is 68.4 Å². The summed E-state index contributed by atoms with van der Waals surface area (Å²) in [5.74, 6) is -12.6. The lowest BCUT2D eigenvalue weighted by Crippen LogP contribution is -2.45. The number of nitrogens with zero attached hydrogens (tertiary/aromatic N) is 2. The molecule has 2 aliphatic rings. The molecule has 0 bridgehead atoms. The van der Waals surface area contributed by atoms with Crippen LogP contribution in [-0.4, -0.2) is 23.6 Å². The molecule has 2 aliphatic heterocycles. The number of carbonyl (C=O) groups is 4. The van der Waals surface area contributed by atoms with Crippen molar-refractivity contribution in [1.82, 2.24) is 0 Å². The van der Waals surface area contributed by atoms with Gasteiger partial charge in [-0.2, -0.15) is 22.7 Å². The minimum absolute atomic E-state index is 0.0607. The highest BCUT2D eigenvalue weighted by Gasteiger charge is 2.48. The normalized spacial score (nSPS) is 15.2. The van der Waals surface area contributed by atoms with Crippen molar-refractivity contribution in [1.29, 1.82) is 0 Å². The van der Waals surface area contributed by atoms with Crippen molar-refractivity contribution < 1.29 is 36.7 Å². The number of carbonyl (C=O) groups excluding carboxylic acids is 4. The molecule has 4 aromatic rings. The van der Waals surface area contributed by atoms with E-state index >= 15 is 17.6 Å². The second-order valence-electron chi connectivity index (χ2n) is 7.36. The van der Waals surface area contributed by atoms with E-state index in [-0.39, 0.29) is 11.4 Å². The number of amides is 4. The molecule has 0 unspecified atom stereocenters. The first-order valence-electron chi connectivity index (χ1n) is 9.43. The molecule has 4 heterocycles. The summed E-state index contributed by atoms with van der Waals surface area (Å²) in [6, 6.07) is 2.62. The Balaban J connectivity index is 1.78. The van der Waals surface area contributed by atoms with Crippen LogP contribution in [0, 0.1) is 23.3 Å². The van der Waals surface area contributed by atoms with Gasteiger partial charge in [-0.25, -0.2) is 27.4 Å². The number of hydrogen-bond acceptors (Lipinski definition) is 6. The fraction of sp³-hybridized carbons (Fsp3) is 0. The Bertz CT molecular complexity index is 1430. The molecule has 0 N–H and O–H groups in total. The van der Waals surface area contributed by atoms with E-state index in [0.29, 0.717) is 9.80 Å². The van der Waals surface area contributed by atoms with Crippen LogP contribution in [0.25, 0.3) is 10.8 Å². The van der Waals surface area contributed by atoms with Crippen LogP contribution in [0.5, 0.6) is 0 Å². The van der Waals surface area contributed by atoms with Crippen molar-refractivity contribution in [3.05, 3.63) is 79.2 Å². The van der Waals surface area contributed by atoms with Gasteiger partial charge >= 0.3 is 0 Å². The van der Waals surface area contributed by atoms with Gasteiger partial charge in [0.15, 0.2) is 23.3 Å². The summed E-state index contributed by atoms with van der Waals surface area (Å²) >= 11 is 2.13. The van der Waals surface area contributed by atoms with E-state index in [9.17, 15) is 19.2 Å². The maximum absolute atomic E-state index is 15.3. The van der Waals surface area contributed by atoms with Gasteiger partial charge in [0.1, 0.15) is 0 Å². The Kier molecular flexibility index (Phi) is 4.14. The number of imide groups is 2. The van der Waals surface area contributed by atoms with Gasteiger partial charge in [-0.3, -0.25) is 19.2 Å². The van der Waals surface area contributed by atoms with Crippen molar-refractivity contribution in [3.8, 4) is 0 Å². The van der Waals surface area contributed by atoms with Crippen LogP contribution in [0.1, 0.15) is 41.4 Å². The van der Waals surface area contributed by atoms with E-state index in [1.807, 2.05) is 0 Å². The maximum Gasteiger partial charge on any atom is 0.269 e. The quantitative estimate of drug-likeness (QED) is 0.282. The standard InChI is InChI=1S/C22H6F4N2O4S2/c23-15-11-9-10-13(17(15)25)21(31)28(8-2-4-34-6-8)22(32)14(10)18(26)16(24)12(9)20(30)27(19(11)29)7-1-3-33-5-7/h1-6H. The van der Waals surface area contributed by atoms with Gasteiger partial charge < -0.3 is 0 Å². The molecule has 0 saturated heterocycles. The van der Waals surface area contributed by atoms with Crippen LogP contribution >= 0.6 is 22.7 Å². The number of benzene rings is 2. The number of anilines is 2. The van der Waals surface area contributed by atoms with Gasteiger partial charge in [-0.05, 0) is 22.9 Å². The van der Waals surface area contributed by atoms with Crippen LogP contribution in [-0.2, 0) is 0 Å². The molecule has 6 nitrogen and oxygen atoms in total. The summed E-state index contributed by atoms with van der Waals surface area (Å²) in [7, 11) is 0. The van der Waals surface area contributed by atoms with Crippen molar-refractivity contribution in [3.63, 3.8) is 0 Å².